The fraction of sp³-hybridized carbons (Fsp3) is 0.100. The first kappa shape index (κ1) is 12.1. The second-order valence-electron chi connectivity index (χ2n) is 3.31. The molecule has 0 unspecified atom stereocenters. The van der Waals surface area contributed by atoms with E-state index < -0.39 is 23.6 Å². The average molecular weight is 258 g/mol. The lowest BCUT2D eigenvalue weighted by atomic mass is 10.2. The van der Waals surface area contributed by atoms with Crippen LogP contribution in [-0.2, 0) is 6.18 Å². The first-order chi connectivity index (χ1) is 8.38. The maximum Gasteiger partial charge on any atom is 0.433 e. The van der Waals surface area contributed by atoms with Crippen molar-refractivity contribution in [3.8, 4) is 11.3 Å². The number of rotatable bonds is 2. The minimum absolute atomic E-state index is 0.105. The highest BCUT2D eigenvalue weighted by Crippen LogP contribution is 2.28. The van der Waals surface area contributed by atoms with Crippen LogP contribution in [0, 0.1) is 0 Å². The average Bonchev–Trinajstić information content (AvgIpc) is 2.77. The van der Waals surface area contributed by atoms with Crippen LogP contribution in [0.25, 0.3) is 11.3 Å². The fourth-order valence-corrected chi connectivity index (χ4v) is 1.23. The molecule has 2 rings (SSSR count). The van der Waals surface area contributed by atoms with E-state index >= 15 is 0 Å². The molecule has 0 radical (unpaired) electrons. The van der Waals surface area contributed by atoms with E-state index in [1.54, 1.807) is 0 Å². The molecule has 0 aliphatic carbocycles. The SMILES string of the molecule is O=C(O)c1cc(-c2ccc(C(F)(F)F)nc2)no1. The monoisotopic (exact) mass is 258 g/mol. The predicted octanol–water partition coefficient (Wildman–Crippen LogP) is 2.45. The van der Waals surface area contributed by atoms with Crippen molar-refractivity contribution in [3.63, 3.8) is 0 Å². The van der Waals surface area contributed by atoms with E-state index in [-0.39, 0.29) is 11.3 Å². The second kappa shape index (κ2) is 4.13. The van der Waals surface area contributed by atoms with Gasteiger partial charge in [0.05, 0.1) is 0 Å². The topological polar surface area (TPSA) is 76.2 Å². The van der Waals surface area contributed by atoms with Crippen LogP contribution in [0.15, 0.2) is 28.9 Å². The van der Waals surface area contributed by atoms with Gasteiger partial charge < -0.3 is 9.63 Å². The Kier molecular flexibility index (Phi) is 2.77. The summed E-state index contributed by atoms with van der Waals surface area (Å²) in [6, 6.07) is 3.02. The Bertz CT molecular complexity index is 575. The van der Waals surface area contributed by atoms with Crippen molar-refractivity contribution in [1.29, 1.82) is 0 Å². The molecule has 0 atom stereocenters. The minimum Gasteiger partial charge on any atom is -0.475 e. The van der Waals surface area contributed by atoms with Crippen LogP contribution in [0.1, 0.15) is 16.2 Å². The summed E-state index contributed by atoms with van der Waals surface area (Å²) in [4.78, 5) is 13.8. The lowest BCUT2D eigenvalue weighted by Gasteiger charge is -2.04. The molecule has 18 heavy (non-hydrogen) atoms. The van der Waals surface area contributed by atoms with Gasteiger partial charge in [-0.3, -0.25) is 4.98 Å². The zero-order valence-electron chi connectivity index (χ0n) is 8.60. The first-order valence-electron chi connectivity index (χ1n) is 4.61. The van der Waals surface area contributed by atoms with Crippen molar-refractivity contribution < 1.29 is 27.6 Å². The molecule has 1 N–H and O–H groups in total. The van der Waals surface area contributed by atoms with Gasteiger partial charge in [0.1, 0.15) is 11.4 Å². The number of aromatic nitrogens is 2. The van der Waals surface area contributed by atoms with Crippen molar-refractivity contribution in [2.75, 3.05) is 0 Å². The van der Waals surface area contributed by atoms with Gasteiger partial charge in [0, 0.05) is 17.8 Å². The van der Waals surface area contributed by atoms with Crippen LogP contribution in [-0.4, -0.2) is 21.2 Å². The van der Waals surface area contributed by atoms with Crippen molar-refractivity contribution in [1.82, 2.24) is 10.1 Å². The summed E-state index contributed by atoms with van der Waals surface area (Å²) >= 11 is 0. The van der Waals surface area contributed by atoms with E-state index in [2.05, 4.69) is 14.7 Å². The molecule has 0 fully saturated rings. The number of alkyl halides is 3. The summed E-state index contributed by atoms with van der Waals surface area (Å²) in [6.07, 6.45) is -3.57. The number of halogens is 3. The van der Waals surface area contributed by atoms with Crippen molar-refractivity contribution in [3.05, 3.63) is 35.9 Å². The largest absolute Gasteiger partial charge is 0.475 e. The molecule has 2 aromatic rings. The molecule has 0 saturated carbocycles. The van der Waals surface area contributed by atoms with Gasteiger partial charge in [0.15, 0.2) is 0 Å². The maximum atomic E-state index is 12.3. The molecule has 0 bridgehead atoms. The molecule has 0 amide bonds. The molecule has 2 aromatic heterocycles. The fourth-order valence-electron chi connectivity index (χ4n) is 1.23. The molecule has 5 nitrogen and oxygen atoms in total. The van der Waals surface area contributed by atoms with Crippen LogP contribution >= 0.6 is 0 Å². The number of carboxylic acids is 1. The number of carbonyl (C=O) groups is 1. The molecule has 0 aromatic carbocycles. The lowest BCUT2D eigenvalue weighted by molar-refractivity contribution is -0.141. The molecule has 2 heterocycles. The molecule has 0 spiro atoms. The summed E-state index contributed by atoms with van der Waals surface area (Å²) in [5.74, 6) is -1.71. The van der Waals surface area contributed by atoms with Gasteiger partial charge in [0.25, 0.3) is 0 Å². The number of nitrogens with zero attached hydrogens (tertiary/aromatic N) is 2. The van der Waals surface area contributed by atoms with Gasteiger partial charge in [-0.25, -0.2) is 4.79 Å². The Labute approximate surface area is 97.9 Å². The zero-order valence-corrected chi connectivity index (χ0v) is 8.60. The Morgan fingerprint density at radius 2 is 2.06 bits per heavy atom. The van der Waals surface area contributed by atoms with E-state index in [1.807, 2.05) is 0 Å². The Morgan fingerprint density at radius 1 is 1.33 bits per heavy atom. The highest BCUT2D eigenvalue weighted by atomic mass is 19.4. The molecule has 8 heteroatoms. The number of hydrogen-bond acceptors (Lipinski definition) is 4. The smallest absolute Gasteiger partial charge is 0.433 e. The van der Waals surface area contributed by atoms with Crippen LogP contribution in [0.5, 0.6) is 0 Å². The highest BCUT2D eigenvalue weighted by molar-refractivity contribution is 5.85. The van der Waals surface area contributed by atoms with Gasteiger partial charge in [-0.1, -0.05) is 5.16 Å². The number of pyridine rings is 1. The summed E-state index contributed by atoms with van der Waals surface area (Å²) in [5.41, 5.74) is -0.693. The Hall–Kier alpha value is -2.38. The predicted molar refractivity (Wildman–Crippen MR) is 51.7 cm³/mol. The van der Waals surface area contributed by atoms with Gasteiger partial charge in [-0.15, -0.1) is 0 Å². The van der Waals surface area contributed by atoms with Gasteiger partial charge in [0.2, 0.25) is 5.76 Å². The third-order valence-electron chi connectivity index (χ3n) is 2.07. The Balaban J connectivity index is 2.31. The van der Waals surface area contributed by atoms with E-state index in [0.717, 1.165) is 24.4 Å². The number of aromatic carboxylic acids is 1. The Morgan fingerprint density at radius 3 is 2.50 bits per heavy atom. The van der Waals surface area contributed by atoms with Gasteiger partial charge in [-0.05, 0) is 12.1 Å². The van der Waals surface area contributed by atoms with Gasteiger partial charge >= 0.3 is 12.1 Å². The van der Waals surface area contributed by atoms with Gasteiger partial charge in [-0.2, -0.15) is 13.2 Å². The van der Waals surface area contributed by atoms with Crippen molar-refractivity contribution in [2.24, 2.45) is 0 Å². The molecular formula is C10H5F3N2O3. The molecule has 94 valence electrons. The molecular weight excluding hydrogens is 253 g/mol. The standard InChI is InChI=1S/C10H5F3N2O3/c11-10(12,13)8-2-1-5(4-14-8)6-3-7(9(16)17)18-15-6/h1-4H,(H,16,17). The minimum atomic E-state index is -4.52. The number of carboxylic acid groups (broad SMARTS) is 1. The first-order valence-corrected chi connectivity index (χ1v) is 4.61. The number of hydrogen-bond donors (Lipinski definition) is 1. The molecule has 0 aliphatic heterocycles. The van der Waals surface area contributed by atoms with Crippen LogP contribution in [0.3, 0.4) is 0 Å². The molecule has 0 aliphatic rings. The quantitative estimate of drug-likeness (QED) is 0.895. The summed E-state index contributed by atoms with van der Waals surface area (Å²) in [5, 5.41) is 12.0. The highest BCUT2D eigenvalue weighted by Gasteiger charge is 2.32. The summed E-state index contributed by atoms with van der Waals surface area (Å²) in [6.45, 7) is 0. The van der Waals surface area contributed by atoms with Crippen molar-refractivity contribution in [2.45, 2.75) is 6.18 Å². The molecule has 0 saturated heterocycles. The second-order valence-corrected chi connectivity index (χ2v) is 3.31. The summed E-state index contributed by atoms with van der Waals surface area (Å²) in [7, 11) is 0. The maximum absolute atomic E-state index is 12.3. The third kappa shape index (κ3) is 2.31. The summed E-state index contributed by atoms with van der Waals surface area (Å²) < 4.78 is 41.3. The van der Waals surface area contributed by atoms with Crippen LogP contribution in [0.4, 0.5) is 13.2 Å². The lowest BCUT2D eigenvalue weighted by Crippen LogP contribution is -2.07. The van der Waals surface area contributed by atoms with E-state index in [1.165, 1.54) is 0 Å². The normalized spacial score (nSPS) is 11.5. The van der Waals surface area contributed by atoms with Crippen LogP contribution < -0.4 is 0 Å². The van der Waals surface area contributed by atoms with E-state index in [9.17, 15) is 18.0 Å². The van der Waals surface area contributed by atoms with Crippen molar-refractivity contribution >= 4 is 5.97 Å². The third-order valence-corrected chi connectivity index (χ3v) is 2.07. The van der Waals surface area contributed by atoms with E-state index in [4.69, 9.17) is 5.11 Å². The van der Waals surface area contributed by atoms with Crippen LogP contribution in [0.2, 0.25) is 0 Å². The van der Waals surface area contributed by atoms with E-state index in [0.29, 0.717) is 0 Å². The zero-order chi connectivity index (χ0) is 13.3.